The molecule has 1 saturated heterocycles. The summed E-state index contributed by atoms with van der Waals surface area (Å²) in [5, 5.41) is 5.25. The highest BCUT2D eigenvalue weighted by molar-refractivity contribution is 9.10. The molecule has 23 heavy (non-hydrogen) atoms. The van der Waals surface area contributed by atoms with Crippen molar-refractivity contribution in [1.82, 2.24) is 10.2 Å². The molecule has 1 aliphatic rings. The lowest BCUT2D eigenvalue weighted by molar-refractivity contribution is -0.137. The standard InChI is InChI=1S/C16H16BrF3N2S/c17-13-9-11(8-12(10-13)16(18,19)20)15(14-2-1-7-23-14)22-5-3-21-4-6-22/h1-2,7-10,15,21H,3-6H2/t15-/m0/s1. The molecule has 1 atom stereocenters. The average Bonchev–Trinajstić information content (AvgIpc) is 3.01. The fourth-order valence-corrected chi connectivity index (χ4v) is 4.27. The molecule has 1 aliphatic heterocycles. The summed E-state index contributed by atoms with van der Waals surface area (Å²) in [5.74, 6) is 0. The molecule has 1 fully saturated rings. The topological polar surface area (TPSA) is 15.3 Å². The minimum absolute atomic E-state index is 0.143. The van der Waals surface area contributed by atoms with Gasteiger partial charge in [-0.25, -0.2) is 0 Å². The van der Waals surface area contributed by atoms with E-state index in [2.05, 4.69) is 26.1 Å². The van der Waals surface area contributed by atoms with E-state index in [1.54, 1.807) is 17.4 Å². The molecular weight excluding hydrogens is 389 g/mol. The summed E-state index contributed by atoms with van der Waals surface area (Å²) in [5.41, 5.74) is 0.0645. The zero-order valence-electron chi connectivity index (χ0n) is 12.2. The van der Waals surface area contributed by atoms with Crippen LogP contribution in [0.4, 0.5) is 13.2 Å². The predicted molar refractivity (Wildman–Crippen MR) is 89.7 cm³/mol. The number of hydrogen-bond acceptors (Lipinski definition) is 3. The van der Waals surface area contributed by atoms with Crippen LogP contribution in [0, 0.1) is 0 Å². The quantitative estimate of drug-likeness (QED) is 0.808. The monoisotopic (exact) mass is 404 g/mol. The number of thiophene rings is 1. The molecule has 0 aliphatic carbocycles. The number of halogens is 4. The van der Waals surface area contributed by atoms with E-state index in [9.17, 15) is 13.2 Å². The second-order valence-corrected chi connectivity index (χ2v) is 7.37. The molecule has 2 heterocycles. The van der Waals surface area contributed by atoms with Gasteiger partial charge in [0.05, 0.1) is 11.6 Å². The van der Waals surface area contributed by atoms with Crippen LogP contribution >= 0.6 is 27.3 Å². The lowest BCUT2D eigenvalue weighted by atomic mass is 10.00. The van der Waals surface area contributed by atoms with Gasteiger partial charge in [0.2, 0.25) is 0 Å². The fourth-order valence-electron chi connectivity index (χ4n) is 2.88. The smallest absolute Gasteiger partial charge is 0.314 e. The lowest BCUT2D eigenvalue weighted by Gasteiger charge is -2.35. The highest BCUT2D eigenvalue weighted by atomic mass is 79.9. The van der Waals surface area contributed by atoms with E-state index in [1.165, 1.54) is 6.07 Å². The first-order valence-electron chi connectivity index (χ1n) is 7.31. The van der Waals surface area contributed by atoms with Crippen molar-refractivity contribution in [3.63, 3.8) is 0 Å². The summed E-state index contributed by atoms with van der Waals surface area (Å²) < 4.78 is 39.9. The Labute approximate surface area is 145 Å². The van der Waals surface area contributed by atoms with E-state index in [0.717, 1.165) is 37.1 Å². The average molecular weight is 405 g/mol. The van der Waals surface area contributed by atoms with Crippen molar-refractivity contribution >= 4 is 27.3 Å². The molecule has 3 rings (SSSR count). The first-order valence-corrected chi connectivity index (χ1v) is 8.98. The maximum Gasteiger partial charge on any atom is 0.416 e. The van der Waals surface area contributed by atoms with Gasteiger partial charge in [-0.15, -0.1) is 11.3 Å². The number of nitrogens with zero attached hydrogens (tertiary/aromatic N) is 1. The first kappa shape index (κ1) is 17.0. The SMILES string of the molecule is FC(F)(F)c1cc(Br)cc([C@@H](c2cccs2)N2CCNCC2)c1. The van der Waals surface area contributed by atoms with Crippen LogP contribution in [0.25, 0.3) is 0 Å². The van der Waals surface area contributed by atoms with E-state index in [0.29, 0.717) is 10.0 Å². The number of benzene rings is 1. The van der Waals surface area contributed by atoms with Gasteiger partial charge in [0, 0.05) is 35.5 Å². The summed E-state index contributed by atoms with van der Waals surface area (Å²) in [4.78, 5) is 3.31. The van der Waals surface area contributed by atoms with E-state index in [-0.39, 0.29) is 6.04 Å². The Hall–Kier alpha value is -0.890. The van der Waals surface area contributed by atoms with Crippen LogP contribution in [0.3, 0.4) is 0 Å². The summed E-state index contributed by atoms with van der Waals surface area (Å²) in [6.07, 6.45) is -4.35. The molecule has 2 nitrogen and oxygen atoms in total. The minimum atomic E-state index is -4.35. The predicted octanol–water partition coefficient (Wildman–Crippen LogP) is 4.52. The summed E-state index contributed by atoms with van der Waals surface area (Å²) in [7, 11) is 0. The second-order valence-electron chi connectivity index (χ2n) is 5.47. The molecule has 1 aromatic heterocycles. The van der Waals surface area contributed by atoms with Crippen molar-refractivity contribution in [3.8, 4) is 0 Å². The molecule has 2 aromatic rings. The van der Waals surface area contributed by atoms with E-state index < -0.39 is 11.7 Å². The number of piperazine rings is 1. The molecule has 7 heteroatoms. The van der Waals surface area contributed by atoms with Crippen molar-refractivity contribution in [2.45, 2.75) is 12.2 Å². The summed E-state index contributed by atoms with van der Waals surface area (Å²) in [6, 6.07) is 7.99. The number of alkyl halides is 3. The molecule has 0 unspecified atom stereocenters. The highest BCUT2D eigenvalue weighted by Crippen LogP contribution is 2.38. The second kappa shape index (κ2) is 6.93. The zero-order chi connectivity index (χ0) is 16.4. The number of hydrogen-bond donors (Lipinski definition) is 1. The molecule has 1 N–H and O–H groups in total. The summed E-state index contributed by atoms with van der Waals surface area (Å²) in [6.45, 7) is 3.33. The Morgan fingerprint density at radius 2 is 1.91 bits per heavy atom. The van der Waals surface area contributed by atoms with Gasteiger partial charge in [-0.05, 0) is 35.2 Å². The Kier molecular flexibility index (Phi) is 5.10. The number of nitrogens with one attached hydrogen (secondary N) is 1. The normalized spacial score (nSPS) is 18.1. The Morgan fingerprint density at radius 3 is 2.52 bits per heavy atom. The Morgan fingerprint density at radius 1 is 1.17 bits per heavy atom. The van der Waals surface area contributed by atoms with Crippen molar-refractivity contribution in [2.75, 3.05) is 26.2 Å². The van der Waals surface area contributed by atoms with Crippen LogP contribution in [-0.4, -0.2) is 31.1 Å². The molecule has 0 amide bonds. The summed E-state index contributed by atoms with van der Waals surface area (Å²) >= 11 is 4.81. The maximum absolute atomic E-state index is 13.2. The Bertz CT molecular complexity index is 652. The van der Waals surface area contributed by atoms with Gasteiger partial charge in [0.25, 0.3) is 0 Å². The van der Waals surface area contributed by atoms with Gasteiger partial charge >= 0.3 is 6.18 Å². The van der Waals surface area contributed by atoms with E-state index in [1.807, 2.05) is 17.5 Å². The third-order valence-corrected chi connectivity index (χ3v) is 5.28. The van der Waals surface area contributed by atoms with Gasteiger partial charge in [-0.3, -0.25) is 4.90 Å². The Balaban J connectivity index is 2.04. The maximum atomic E-state index is 13.2. The van der Waals surface area contributed by atoms with Gasteiger partial charge in [0.15, 0.2) is 0 Å². The van der Waals surface area contributed by atoms with Crippen LogP contribution < -0.4 is 5.32 Å². The minimum Gasteiger partial charge on any atom is -0.314 e. The highest BCUT2D eigenvalue weighted by Gasteiger charge is 2.33. The van der Waals surface area contributed by atoms with Gasteiger partial charge in [-0.1, -0.05) is 22.0 Å². The molecular formula is C16H16BrF3N2S. The third-order valence-electron chi connectivity index (χ3n) is 3.89. The van der Waals surface area contributed by atoms with Gasteiger partial charge in [-0.2, -0.15) is 13.2 Å². The molecule has 1 aromatic carbocycles. The lowest BCUT2D eigenvalue weighted by Crippen LogP contribution is -2.45. The van der Waals surface area contributed by atoms with Crippen LogP contribution in [0.5, 0.6) is 0 Å². The van der Waals surface area contributed by atoms with Crippen LogP contribution in [0.15, 0.2) is 40.2 Å². The molecule has 0 spiro atoms. The molecule has 0 radical (unpaired) electrons. The zero-order valence-corrected chi connectivity index (χ0v) is 14.6. The van der Waals surface area contributed by atoms with Gasteiger partial charge in [0.1, 0.15) is 0 Å². The van der Waals surface area contributed by atoms with Crippen molar-refractivity contribution < 1.29 is 13.2 Å². The fraction of sp³-hybridized carbons (Fsp3) is 0.375. The number of rotatable bonds is 3. The van der Waals surface area contributed by atoms with Gasteiger partial charge < -0.3 is 5.32 Å². The van der Waals surface area contributed by atoms with Crippen molar-refractivity contribution in [3.05, 3.63) is 56.2 Å². The molecule has 124 valence electrons. The molecule has 0 bridgehead atoms. The largest absolute Gasteiger partial charge is 0.416 e. The van der Waals surface area contributed by atoms with E-state index >= 15 is 0 Å². The van der Waals surface area contributed by atoms with Crippen molar-refractivity contribution in [2.24, 2.45) is 0 Å². The van der Waals surface area contributed by atoms with E-state index in [4.69, 9.17) is 0 Å². The first-order chi connectivity index (χ1) is 10.9. The molecule has 0 saturated carbocycles. The van der Waals surface area contributed by atoms with Crippen LogP contribution in [0.1, 0.15) is 22.0 Å². The van der Waals surface area contributed by atoms with Crippen LogP contribution in [0.2, 0.25) is 0 Å². The third kappa shape index (κ3) is 3.96. The van der Waals surface area contributed by atoms with Crippen LogP contribution in [-0.2, 0) is 6.18 Å². The van der Waals surface area contributed by atoms with Crippen molar-refractivity contribution in [1.29, 1.82) is 0 Å².